The summed E-state index contributed by atoms with van der Waals surface area (Å²) in [7, 11) is 0. The van der Waals surface area contributed by atoms with Crippen LogP contribution in [0.15, 0.2) is 24.3 Å². The van der Waals surface area contributed by atoms with Gasteiger partial charge in [-0.05, 0) is 29.9 Å². The predicted molar refractivity (Wildman–Crippen MR) is 80.9 cm³/mol. The zero-order valence-corrected chi connectivity index (χ0v) is 12.2. The lowest BCUT2D eigenvalue weighted by atomic mass is 9.94. The summed E-state index contributed by atoms with van der Waals surface area (Å²) in [4.78, 5) is 12.5. The summed E-state index contributed by atoms with van der Waals surface area (Å²) in [5, 5.41) is 3.08. The molecule has 3 nitrogen and oxygen atoms in total. The second kappa shape index (κ2) is 5.70. The number of rotatable bonds is 4. The third-order valence-corrected chi connectivity index (χ3v) is 3.91. The first-order valence-corrected chi connectivity index (χ1v) is 7.06. The Morgan fingerprint density at radius 1 is 1.32 bits per heavy atom. The first kappa shape index (κ1) is 14.0. The molecule has 1 aliphatic carbocycles. The van der Waals surface area contributed by atoms with Crippen LogP contribution in [0.1, 0.15) is 25.0 Å². The molecule has 1 aliphatic rings. The van der Waals surface area contributed by atoms with E-state index in [0.717, 1.165) is 12.8 Å². The maximum atomic E-state index is 12.3. The predicted octanol–water partition coefficient (Wildman–Crippen LogP) is 1.83. The molecule has 0 saturated heterocycles. The molecule has 0 aliphatic heterocycles. The minimum atomic E-state index is -0.376. The summed E-state index contributed by atoms with van der Waals surface area (Å²) in [5.41, 5.74) is 8.31. The van der Waals surface area contributed by atoms with Crippen molar-refractivity contribution in [2.75, 3.05) is 0 Å². The lowest BCUT2D eigenvalue weighted by Crippen LogP contribution is -2.45. The third kappa shape index (κ3) is 3.13. The van der Waals surface area contributed by atoms with Gasteiger partial charge in [-0.1, -0.05) is 50.3 Å². The third-order valence-electron chi connectivity index (χ3n) is 3.65. The summed E-state index contributed by atoms with van der Waals surface area (Å²) in [6, 6.07) is 8.48. The Bertz CT molecular complexity index is 474. The summed E-state index contributed by atoms with van der Waals surface area (Å²) >= 11 is 5.00. The van der Waals surface area contributed by atoms with E-state index in [-0.39, 0.29) is 28.8 Å². The van der Waals surface area contributed by atoms with E-state index in [9.17, 15) is 4.79 Å². The van der Waals surface area contributed by atoms with Crippen LogP contribution in [0, 0.1) is 11.8 Å². The summed E-state index contributed by atoms with van der Waals surface area (Å²) in [5.74, 6) is -0.291. The molecule has 0 fully saturated rings. The molecule has 1 unspecified atom stereocenters. The SMILES string of the molecule is CC(C)C(C(=O)NC1Cc2ccccc2C1)C(N)=S. The number of hydrogen-bond acceptors (Lipinski definition) is 2. The maximum absolute atomic E-state index is 12.3. The Labute approximate surface area is 119 Å². The van der Waals surface area contributed by atoms with Crippen LogP contribution in [0.4, 0.5) is 0 Å². The highest BCUT2D eigenvalue weighted by molar-refractivity contribution is 7.80. The highest BCUT2D eigenvalue weighted by Crippen LogP contribution is 2.22. The van der Waals surface area contributed by atoms with E-state index in [4.69, 9.17) is 18.0 Å². The molecule has 0 aromatic heterocycles. The van der Waals surface area contributed by atoms with Crippen LogP contribution in [0.2, 0.25) is 0 Å². The quantitative estimate of drug-likeness (QED) is 0.825. The smallest absolute Gasteiger partial charge is 0.230 e. The molecule has 3 N–H and O–H groups in total. The van der Waals surface area contributed by atoms with Gasteiger partial charge in [0.25, 0.3) is 0 Å². The molecular formula is C15H20N2OS. The van der Waals surface area contributed by atoms with Crippen molar-refractivity contribution in [2.45, 2.75) is 32.7 Å². The van der Waals surface area contributed by atoms with Gasteiger partial charge in [-0.15, -0.1) is 0 Å². The standard InChI is InChI=1S/C15H20N2OS/c1-9(2)13(14(16)19)15(18)17-12-7-10-5-3-4-6-11(10)8-12/h3-6,9,12-13H,7-8H2,1-2H3,(H2,16,19)(H,17,18). The summed E-state index contributed by atoms with van der Waals surface area (Å²) in [6.07, 6.45) is 1.79. The number of benzene rings is 1. The van der Waals surface area contributed by atoms with Crippen molar-refractivity contribution in [3.8, 4) is 0 Å². The average molecular weight is 276 g/mol. The molecule has 1 aromatic carbocycles. The molecule has 0 saturated carbocycles. The van der Waals surface area contributed by atoms with Crippen molar-refractivity contribution in [3.05, 3.63) is 35.4 Å². The van der Waals surface area contributed by atoms with Crippen molar-refractivity contribution >= 4 is 23.1 Å². The topological polar surface area (TPSA) is 55.1 Å². The molecule has 2 rings (SSSR count). The molecule has 1 aromatic rings. The largest absolute Gasteiger partial charge is 0.393 e. The van der Waals surface area contributed by atoms with Gasteiger partial charge in [0.15, 0.2) is 0 Å². The van der Waals surface area contributed by atoms with Crippen molar-refractivity contribution in [1.29, 1.82) is 0 Å². The molecule has 0 heterocycles. The van der Waals surface area contributed by atoms with E-state index in [1.165, 1.54) is 11.1 Å². The van der Waals surface area contributed by atoms with Gasteiger partial charge in [-0.2, -0.15) is 0 Å². The van der Waals surface area contributed by atoms with E-state index in [2.05, 4.69) is 17.4 Å². The Morgan fingerprint density at radius 3 is 2.26 bits per heavy atom. The number of carbonyl (C=O) groups excluding carboxylic acids is 1. The number of thiocarbonyl (C=S) groups is 1. The highest BCUT2D eigenvalue weighted by atomic mass is 32.1. The van der Waals surface area contributed by atoms with Crippen LogP contribution in [-0.2, 0) is 17.6 Å². The maximum Gasteiger partial charge on any atom is 0.230 e. The summed E-state index contributed by atoms with van der Waals surface area (Å²) < 4.78 is 0. The van der Waals surface area contributed by atoms with Gasteiger partial charge >= 0.3 is 0 Å². The molecule has 1 atom stereocenters. The van der Waals surface area contributed by atoms with Crippen LogP contribution in [0.25, 0.3) is 0 Å². The van der Waals surface area contributed by atoms with Gasteiger partial charge in [-0.3, -0.25) is 4.79 Å². The molecule has 0 radical (unpaired) electrons. The van der Waals surface area contributed by atoms with Crippen LogP contribution < -0.4 is 11.1 Å². The normalized spacial score (nSPS) is 16.2. The number of hydrogen-bond donors (Lipinski definition) is 2. The van der Waals surface area contributed by atoms with E-state index in [0.29, 0.717) is 0 Å². The van der Waals surface area contributed by atoms with Crippen molar-refractivity contribution in [1.82, 2.24) is 5.32 Å². The fourth-order valence-corrected chi connectivity index (χ4v) is 3.09. The second-order valence-corrected chi connectivity index (χ2v) is 5.98. The molecule has 102 valence electrons. The van der Waals surface area contributed by atoms with Crippen LogP contribution in [0.5, 0.6) is 0 Å². The van der Waals surface area contributed by atoms with Gasteiger partial charge in [-0.25, -0.2) is 0 Å². The lowest BCUT2D eigenvalue weighted by molar-refractivity contribution is -0.124. The van der Waals surface area contributed by atoms with E-state index in [1.807, 2.05) is 26.0 Å². The zero-order valence-electron chi connectivity index (χ0n) is 11.3. The molecule has 4 heteroatoms. The van der Waals surface area contributed by atoms with Crippen LogP contribution in [-0.4, -0.2) is 16.9 Å². The average Bonchev–Trinajstić information content (AvgIpc) is 2.69. The van der Waals surface area contributed by atoms with Gasteiger partial charge in [0.1, 0.15) is 0 Å². The monoisotopic (exact) mass is 276 g/mol. The van der Waals surface area contributed by atoms with Gasteiger partial charge in [0.2, 0.25) is 5.91 Å². The molecule has 0 bridgehead atoms. The Kier molecular flexibility index (Phi) is 4.20. The first-order valence-electron chi connectivity index (χ1n) is 6.65. The summed E-state index contributed by atoms with van der Waals surface area (Å²) in [6.45, 7) is 3.93. The number of nitrogens with one attached hydrogen (secondary N) is 1. The number of fused-ring (bicyclic) bond motifs is 1. The molecule has 1 amide bonds. The number of amides is 1. The Morgan fingerprint density at radius 2 is 1.84 bits per heavy atom. The highest BCUT2D eigenvalue weighted by Gasteiger charge is 2.29. The van der Waals surface area contributed by atoms with Gasteiger partial charge in [0.05, 0.1) is 10.9 Å². The molecule has 19 heavy (non-hydrogen) atoms. The van der Waals surface area contributed by atoms with Gasteiger partial charge < -0.3 is 11.1 Å². The van der Waals surface area contributed by atoms with E-state index >= 15 is 0 Å². The van der Waals surface area contributed by atoms with Crippen LogP contribution in [0.3, 0.4) is 0 Å². The fourth-order valence-electron chi connectivity index (χ4n) is 2.71. The number of nitrogens with two attached hydrogens (primary N) is 1. The first-order chi connectivity index (χ1) is 8.99. The zero-order chi connectivity index (χ0) is 14.0. The Hall–Kier alpha value is -1.42. The molecule has 0 spiro atoms. The molecular weight excluding hydrogens is 256 g/mol. The lowest BCUT2D eigenvalue weighted by Gasteiger charge is -2.21. The van der Waals surface area contributed by atoms with E-state index < -0.39 is 0 Å². The second-order valence-electron chi connectivity index (χ2n) is 5.51. The van der Waals surface area contributed by atoms with Crippen molar-refractivity contribution in [2.24, 2.45) is 17.6 Å². The minimum Gasteiger partial charge on any atom is -0.393 e. The van der Waals surface area contributed by atoms with Crippen molar-refractivity contribution < 1.29 is 4.79 Å². The van der Waals surface area contributed by atoms with Crippen LogP contribution >= 0.6 is 12.2 Å². The number of carbonyl (C=O) groups is 1. The fraction of sp³-hybridized carbons (Fsp3) is 0.467. The van der Waals surface area contributed by atoms with E-state index in [1.54, 1.807) is 0 Å². The minimum absolute atomic E-state index is 0.0414. The van der Waals surface area contributed by atoms with Gasteiger partial charge in [0, 0.05) is 6.04 Å². The van der Waals surface area contributed by atoms with Crippen molar-refractivity contribution in [3.63, 3.8) is 0 Å². The Balaban J connectivity index is 2.00.